The van der Waals surface area contributed by atoms with Crippen LogP contribution in [0.4, 0.5) is 0 Å². The minimum Gasteiger partial charge on any atom is -0.381 e. The monoisotopic (exact) mass is 345 g/mol. The molecule has 1 aromatic heterocycles. The van der Waals surface area contributed by atoms with E-state index in [4.69, 9.17) is 4.74 Å². The highest BCUT2D eigenvalue weighted by molar-refractivity contribution is 5.78. The summed E-state index contributed by atoms with van der Waals surface area (Å²) in [4.78, 5) is 24.5. The van der Waals surface area contributed by atoms with Gasteiger partial charge in [-0.05, 0) is 48.2 Å². The molecule has 134 valence electrons. The van der Waals surface area contributed by atoms with Crippen LogP contribution in [0.5, 0.6) is 0 Å². The number of ether oxygens (including phenoxy) is 1. The third-order valence-corrected chi connectivity index (χ3v) is 4.64. The molecule has 1 saturated carbocycles. The maximum atomic E-state index is 12.3. The van der Waals surface area contributed by atoms with Gasteiger partial charge in [-0.15, -0.1) is 0 Å². The summed E-state index contributed by atoms with van der Waals surface area (Å²) >= 11 is 0. The van der Waals surface area contributed by atoms with Gasteiger partial charge >= 0.3 is 5.69 Å². The number of benzene rings is 1. The summed E-state index contributed by atoms with van der Waals surface area (Å²) in [5, 5.41) is 10.6. The zero-order valence-corrected chi connectivity index (χ0v) is 14.3. The Labute approximate surface area is 145 Å². The first-order chi connectivity index (χ1) is 12.2. The molecule has 0 radical (unpaired) electrons. The topological polar surface area (TPSA) is 91.0 Å². The third-order valence-electron chi connectivity index (χ3n) is 4.64. The lowest BCUT2D eigenvalue weighted by Crippen LogP contribution is -2.37. The minimum atomic E-state index is -0.318. The molecule has 0 atom stereocenters. The number of carbonyl (C=O) groups is 1. The standard InChI is InChI=1S/C17H23N5O3/c1-25-15-9-7-13(8-10-15)16(23)18-11-12-21-17(24)22(20-19-21)14-5-3-2-4-6-14/h2-6,13,15H,7-12H2,1H3,(H,18,23). The van der Waals surface area contributed by atoms with Crippen LogP contribution >= 0.6 is 0 Å². The summed E-state index contributed by atoms with van der Waals surface area (Å²) in [6.07, 6.45) is 3.79. The third kappa shape index (κ3) is 4.14. The fourth-order valence-corrected chi connectivity index (χ4v) is 3.14. The average Bonchev–Trinajstić information content (AvgIpc) is 3.03. The van der Waals surface area contributed by atoms with E-state index in [0.717, 1.165) is 25.7 Å². The average molecular weight is 345 g/mol. The Balaban J connectivity index is 1.51. The van der Waals surface area contributed by atoms with Crippen LogP contribution in [0, 0.1) is 5.92 Å². The van der Waals surface area contributed by atoms with Crippen molar-refractivity contribution in [1.29, 1.82) is 0 Å². The second-order valence-electron chi connectivity index (χ2n) is 6.23. The SMILES string of the molecule is COC1CCC(C(=O)NCCn2nnn(-c3ccccc3)c2=O)CC1. The number of aromatic nitrogens is 4. The molecule has 8 nitrogen and oxygen atoms in total. The van der Waals surface area contributed by atoms with E-state index in [1.54, 1.807) is 19.2 Å². The maximum absolute atomic E-state index is 12.3. The molecule has 1 heterocycles. The van der Waals surface area contributed by atoms with Gasteiger partial charge in [0.25, 0.3) is 0 Å². The van der Waals surface area contributed by atoms with Crippen LogP contribution in [0.2, 0.25) is 0 Å². The summed E-state index contributed by atoms with van der Waals surface area (Å²) in [6.45, 7) is 0.654. The molecular formula is C17H23N5O3. The maximum Gasteiger partial charge on any atom is 0.368 e. The number of amides is 1. The van der Waals surface area contributed by atoms with E-state index >= 15 is 0 Å². The van der Waals surface area contributed by atoms with Crippen molar-refractivity contribution < 1.29 is 9.53 Å². The fraction of sp³-hybridized carbons (Fsp3) is 0.529. The molecule has 3 rings (SSSR count). The molecule has 1 aromatic carbocycles. The molecule has 25 heavy (non-hydrogen) atoms. The summed E-state index contributed by atoms with van der Waals surface area (Å²) in [6, 6.07) is 9.12. The molecule has 1 N–H and O–H groups in total. The second kappa shape index (κ2) is 8.06. The van der Waals surface area contributed by atoms with Gasteiger partial charge < -0.3 is 10.1 Å². The van der Waals surface area contributed by atoms with E-state index in [0.29, 0.717) is 18.8 Å². The minimum absolute atomic E-state index is 0.0307. The first kappa shape index (κ1) is 17.3. The summed E-state index contributed by atoms with van der Waals surface area (Å²) in [7, 11) is 1.71. The van der Waals surface area contributed by atoms with Gasteiger partial charge in [-0.1, -0.05) is 18.2 Å². The summed E-state index contributed by atoms with van der Waals surface area (Å²) in [5.41, 5.74) is 0.346. The Hall–Kier alpha value is -2.48. The van der Waals surface area contributed by atoms with E-state index in [-0.39, 0.29) is 23.6 Å². The van der Waals surface area contributed by atoms with Crippen molar-refractivity contribution in [3.05, 3.63) is 40.8 Å². The quantitative estimate of drug-likeness (QED) is 0.834. The largest absolute Gasteiger partial charge is 0.381 e. The summed E-state index contributed by atoms with van der Waals surface area (Å²) < 4.78 is 7.83. The fourth-order valence-electron chi connectivity index (χ4n) is 3.14. The predicted octanol–water partition coefficient (Wildman–Crippen LogP) is 0.750. The van der Waals surface area contributed by atoms with Crippen LogP contribution in [-0.4, -0.2) is 45.5 Å². The molecule has 2 aromatic rings. The molecule has 1 fully saturated rings. The van der Waals surface area contributed by atoms with Gasteiger partial charge in [-0.25, -0.2) is 4.79 Å². The number of para-hydroxylation sites is 1. The van der Waals surface area contributed by atoms with Crippen molar-refractivity contribution in [2.24, 2.45) is 5.92 Å². The molecule has 1 aliphatic carbocycles. The van der Waals surface area contributed by atoms with E-state index in [2.05, 4.69) is 15.7 Å². The number of hydrogen-bond donors (Lipinski definition) is 1. The lowest BCUT2D eigenvalue weighted by Gasteiger charge is -2.26. The molecule has 8 heteroatoms. The first-order valence-corrected chi connectivity index (χ1v) is 8.58. The zero-order chi connectivity index (χ0) is 17.6. The van der Waals surface area contributed by atoms with Gasteiger partial charge in [0.1, 0.15) is 0 Å². The Morgan fingerprint density at radius 3 is 2.60 bits per heavy atom. The predicted molar refractivity (Wildman–Crippen MR) is 91.4 cm³/mol. The van der Waals surface area contributed by atoms with Gasteiger partial charge in [0.05, 0.1) is 18.3 Å². The molecule has 0 saturated heterocycles. The van der Waals surface area contributed by atoms with Crippen LogP contribution in [0.25, 0.3) is 5.69 Å². The van der Waals surface area contributed by atoms with Crippen LogP contribution in [0.15, 0.2) is 35.1 Å². The van der Waals surface area contributed by atoms with Crippen LogP contribution < -0.4 is 11.0 Å². The lowest BCUT2D eigenvalue weighted by atomic mass is 9.87. The van der Waals surface area contributed by atoms with Gasteiger partial charge in [0, 0.05) is 19.6 Å². The number of hydrogen-bond acceptors (Lipinski definition) is 5. The highest BCUT2D eigenvalue weighted by Gasteiger charge is 2.25. The molecule has 1 aliphatic rings. The van der Waals surface area contributed by atoms with Crippen molar-refractivity contribution >= 4 is 5.91 Å². The van der Waals surface area contributed by atoms with Gasteiger partial charge in [0.2, 0.25) is 5.91 Å². The second-order valence-corrected chi connectivity index (χ2v) is 6.23. The van der Waals surface area contributed by atoms with Crippen molar-refractivity contribution in [2.75, 3.05) is 13.7 Å². The summed E-state index contributed by atoms with van der Waals surface area (Å²) in [5.74, 6) is 0.0705. The number of tetrazole rings is 1. The Morgan fingerprint density at radius 2 is 1.92 bits per heavy atom. The zero-order valence-electron chi connectivity index (χ0n) is 14.3. The molecule has 0 unspecified atom stereocenters. The number of nitrogens with one attached hydrogen (secondary N) is 1. The van der Waals surface area contributed by atoms with E-state index in [1.165, 1.54) is 9.36 Å². The number of carbonyl (C=O) groups excluding carboxylic acids is 1. The molecule has 1 amide bonds. The number of methoxy groups -OCH3 is 1. The Kier molecular flexibility index (Phi) is 5.60. The Morgan fingerprint density at radius 1 is 1.20 bits per heavy atom. The van der Waals surface area contributed by atoms with Crippen molar-refractivity contribution in [2.45, 2.75) is 38.3 Å². The first-order valence-electron chi connectivity index (χ1n) is 8.58. The smallest absolute Gasteiger partial charge is 0.368 e. The van der Waals surface area contributed by atoms with Crippen LogP contribution in [-0.2, 0) is 16.1 Å². The van der Waals surface area contributed by atoms with Crippen molar-refractivity contribution in [3.8, 4) is 5.69 Å². The number of rotatable bonds is 6. The van der Waals surface area contributed by atoms with E-state index in [1.807, 2.05) is 18.2 Å². The van der Waals surface area contributed by atoms with Gasteiger partial charge in [-0.2, -0.15) is 9.36 Å². The highest BCUT2D eigenvalue weighted by Crippen LogP contribution is 2.25. The molecule has 0 bridgehead atoms. The van der Waals surface area contributed by atoms with Crippen molar-refractivity contribution in [3.63, 3.8) is 0 Å². The van der Waals surface area contributed by atoms with E-state index < -0.39 is 0 Å². The normalized spacial score (nSPS) is 20.4. The number of nitrogens with zero attached hydrogens (tertiary/aromatic N) is 4. The Bertz CT molecular complexity index is 747. The highest BCUT2D eigenvalue weighted by atomic mass is 16.5. The van der Waals surface area contributed by atoms with Crippen molar-refractivity contribution in [1.82, 2.24) is 25.1 Å². The molecule has 0 spiro atoms. The van der Waals surface area contributed by atoms with E-state index in [9.17, 15) is 9.59 Å². The molecule has 0 aliphatic heterocycles. The van der Waals surface area contributed by atoms with Crippen LogP contribution in [0.1, 0.15) is 25.7 Å². The van der Waals surface area contributed by atoms with Gasteiger partial charge in [-0.3, -0.25) is 4.79 Å². The molecular weight excluding hydrogens is 322 g/mol. The lowest BCUT2D eigenvalue weighted by molar-refractivity contribution is -0.126. The van der Waals surface area contributed by atoms with Gasteiger partial charge in [0.15, 0.2) is 0 Å². The van der Waals surface area contributed by atoms with Crippen LogP contribution in [0.3, 0.4) is 0 Å².